The molecule has 0 fully saturated rings. The maximum absolute atomic E-state index is 12.3. The number of benzene rings is 2. The summed E-state index contributed by atoms with van der Waals surface area (Å²) < 4.78 is 15.9. The summed E-state index contributed by atoms with van der Waals surface area (Å²) in [5.74, 6) is -0.0494. The molecule has 4 heteroatoms. The van der Waals surface area contributed by atoms with Gasteiger partial charge in [0.25, 0.3) is 0 Å². The molecule has 4 nitrogen and oxygen atoms in total. The highest BCUT2D eigenvalue weighted by atomic mass is 16.6. The van der Waals surface area contributed by atoms with Gasteiger partial charge < -0.3 is 14.2 Å². The normalized spacial score (nSPS) is 11.0. The number of para-hydroxylation sites is 1. The quantitative estimate of drug-likeness (QED) is 0.333. The molecule has 0 aliphatic carbocycles. The van der Waals surface area contributed by atoms with Gasteiger partial charge in [-0.05, 0) is 25.5 Å². The van der Waals surface area contributed by atoms with E-state index in [0.29, 0.717) is 19.0 Å². The van der Waals surface area contributed by atoms with Gasteiger partial charge in [0.15, 0.2) is 0 Å². The zero-order chi connectivity index (χ0) is 16.5. The SMILES string of the molecule is CCOC=C(OCC)C(=O)Oc1ccccc1-c1ccccc1. The van der Waals surface area contributed by atoms with E-state index >= 15 is 0 Å². The minimum absolute atomic E-state index is 0.0530. The first kappa shape index (κ1) is 16.6. The lowest BCUT2D eigenvalue weighted by Gasteiger charge is -2.12. The van der Waals surface area contributed by atoms with E-state index in [1.165, 1.54) is 6.26 Å². The van der Waals surface area contributed by atoms with Gasteiger partial charge in [-0.1, -0.05) is 48.5 Å². The van der Waals surface area contributed by atoms with Crippen molar-refractivity contribution >= 4 is 5.97 Å². The Labute approximate surface area is 136 Å². The first-order chi connectivity index (χ1) is 11.3. The maximum atomic E-state index is 12.3. The molecule has 120 valence electrons. The molecule has 0 aliphatic heterocycles. The molecule has 23 heavy (non-hydrogen) atoms. The number of hydrogen-bond donors (Lipinski definition) is 0. The van der Waals surface area contributed by atoms with Crippen LogP contribution in [0.2, 0.25) is 0 Å². The Morgan fingerprint density at radius 2 is 1.65 bits per heavy atom. The number of carbonyl (C=O) groups excluding carboxylic acids is 1. The summed E-state index contributed by atoms with van der Waals surface area (Å²) in [7, 11) is 0. The lowest BCUT2D eigenvalue weighted by atomic mass is 10.1. The zero-order valence-corrected chi connectivity index (χ0v) is 13.3. The Morgan fingerprint density at radius 1 is 0.957 bits per heavy atom. The van der Waals surface area contributed by atoms with Crippen LogP contribution in [-0.4, -0.2) is 19.2 Å². The van der Waals surface area contributed by atoms with Gasteiger partial charge in [-0.2, -0.15) is 0 Å². The highest BCUT2D eigenvalue weighted by molar-refractivity contribution is 5.89. The van der Waals surface area contributed by atoms with Crippen molar-refractivity contribution in [2.24, 2.45) is 0 Å². The average molecular weight is 312 g/mol. The molecular weight excluding hydrogens is 292 g/mol. The summed E-state index contributed by atoms with van der Waals surface area (Å²) in [4.78, 5) is 12.3. The monoisotopic (exact) mass is 312 g/mol. The maximum Gasteiger partial charge on any atom is 0.382 e. The number of esters is 1. The number of rotatable bonds is 7. The van der Waals surface area contributed by atoms with E-state index in [-0.39, 0.29) is 5.76 Å². The molecule has 0 aliphatic rings. The number of hydrogen-bond acceptors (Lipinski definition) is 4. The summed E-state index contributed by atoms with van der Waals surface area (Å²) in [5.41, 5.74) is 1.82. The standard InChI is InChI=1S/C19H20O4/c1-3-21-14-18(22-4-2)19(20)23-17-13-9-8-12-16(17)15-10-6-5-7-11-15/h5-14H,3-4H2,1-2H3. The molecular formula is C19H20O4. The second-order valence-electron chi connectivity index (χ2n) is 4.62. The first-order valence-corrected chi connectivity index (χ1v) is 7.57. The molecule has 0 amide bonds. The third-order valence-corrected chi connectivity index (χ3v) is 3.03. The molecule has 0 saturated carbocycles. The van der Waals surface area contributed by atoms with E-state index < -0.39 is 5.97 Å². The molecule has 2 aromatic carbocycles. The van der Waals surface area contributed by atoms with Gasteiger partial charge in [0, 0.05) is 5.56 Å². The summed E-state index contributed by atoms with van der Waals surface area (Å²) in [5, 5.41) is 0. The van der Waals surface area contributed by atoms with Crippen molar-refractivity contribution < 1.29 is 19.0 Å². The molecule has 0 saturated heterocycles. The van der Waals surface area contributed by atoms with Crippen molar-refractivity contribution in [3.8, 4) is 16.9 Å². The average Bonchev–Trinajstić information content (AvgIpc) is 2.59. The van der Waals surface area contributed by atoms with Gasteiger partial charge in [0.05, 0.1) is 13.2 Å². The van der Waals surface area contributed by atoms with E-state index in [0.717, 1.165) is 11.1 Å². The minimum Gasteiger partial charge on any atom is -0.497 e. The lowest BCUT2D eigenvalue weighted by Crippen LogP contribution is -2.15. The van der Waals surface area contributed by atoms with Crippen molar-refractivity contribution in [3.63, 3.8) is 0 Å². The lowest BCUT2D eigenvalue weighted by molar-refractivity contribution is -0.134. The van der Waals surface area contributed by atoms with Crippen LogP contribution in [-0.2, 0) is 14.3 Å². The Morgan fingerprint density at radius 3 is 2.35 bits per heavy atom. The topological polar surface area (TPSA) is 44.8 Å². The van der Waals surface area contributed by atoms with Gasteiger partial charge in [0.1, 0.15) is 12.0 Å². The molecule has 0 atom stereocenters. The van der Waals surface area contributed by atoms with Crippen molar-refractivity contribution in [1.82, 2.24) is 0 Å². The van der Waals surface area contributed by atoms with Gasteiger partial charge in [-0.25, -0.2) is 4.79 Å². The van der Waals surface area contributed by atoms with Crippen molar-refractivity contribution in [2.75, 3.05) is 13.2 Å². The van der Waals surface area contributed by atoms with Crippen LogP contribution in [0.4, 0.5) is 0 Å². The van der Waals surface area contributed by atoms with Crippen LogP contribution in [0, 0.1) is 0 Å². The summed E-state index contributed by atoms with van der Waals surface area (Å²) in [6.45, 7) is 4.43. The predicted molar refractivity (Wildman–Crippen MR) is 88.8 cm³/mol. The molecule has 2 rings (SSSR count). The Bertz CT molecular complexity index is 662. The highest BCUT2D eigenvalue weighted by Crippen LogP contribution is 2.30. The molecule has 2 aromatic rings. The Kier molecular flexibility index (Phi) is 6.24. The second-order valence-corrected chi connectivity index (χ2v) is 4.62. The fraction of sp³-hybridized carbons (Fsp3) is 0.211. The van der Waals surface area contributed by atoms with E-state index in [1.54, 1.807) is 13.0 Å². The molecule has 0 spiro atoms. The molecule has 0 aromatic heterocycles. The van der Waals surface area contributed by atoms with Crippen LogP contribution in [0.25, 0.3) is 11.1 Å². The van der Waals surface area contributed by atoms with E-state index in [1.807, 2.05) is 55.5 Å². The number of ether oxygens (including phenoxy) is 3. The van der Waals surface area contributed by atoms with E-state index in [4.69, 9.17) is 14.2 Å². The Balaban J connectivity index is 2.24. The van der Waals surface area contributed by atoms with Crippen LogP contribution < -0.4 is 4.74 Å². The van der Waals surface area contributed by atoms with Gasteiger partial charge in [-0.15, -0.1) is 0 Å². The molecule has 0 N–H and O–H groups in total. The first-order valence-electron chi connectivity index (χ1n) is 7.57. The third kappa shape index (κ3) is 4.61. The number of carbonyl (C=O) groups is 1. The van der Waals surface area contributed by atoms with Crippen LogP contribution >= 0.6 is 0 Å². The molecule has 0 radical (unpaired) electrons. The van der Waals surface area contributed by atoms with Crippen molar-refractivity contribution in [2.45, 2.75) is 13.8 Å². The van der Waals surface area contributed by atoms with Crippen LogP contribution in [0.1, 0.15) is 13.8 Å². The molecule has 0 bridgehead atoms. The molecule has 0 unspecified atom stereocenters. The third-order valence-electron chi connectivity index (χ3n) is 3.03. The highest BCUT2D eigenvalue weighted by Gasteiger charge is 2.16. The smallest absolute Gasteiger partial charge is 0.382 e. The summed E-state index contributed by atoms with van der Waals surface area (Å²) in [6, 6.07) is 17.1. The predicted octanol–water partition coefficient (Wildman–Crippen LogP) is 4.17. The van der Waals surface area contributed by atoms with E-state index in [2.05, 4.69) is 0 Å². The fourth-order valence-electron chi connectivity index (χ4n) is 2.02. The van der Waals surface area contributed by atoms with Gasteiger partial charge in [0.2, 0.25) is 5.76 Å². The van der Waals surface area contributed by atoms with Crippen LogP contribution in [0.15, 0.2) is 66.6 Å². The summed E-state index contributed by atoms with van der Waals surface area (Å²) >= 11 is 0. The summed E-state index contributed by atoms with van der Waals surface area (Å²) in [6.07, 6.45) is 1.29. The van der Waals surface area contributed by atoms with Crippen molar-refractivity contribution in [3.05, 3.63) is 66.6 Å². The molecule has 0 heterocycles. The largest absolute Gasteiger partial charge is 0.497 e. The van der Waals surface area contributed by atoms with E-state index in [9.17, 15) is 4.79 Å². The fourth-order valence-corrected chi connectivity index (χ4v) is 2.02. The van der Waals surface area contributed by atoms with Gasteiger partial charge in [-0.3, -0.25) is 0 Å². The Hall–Kier alpha value is -2.75. The second kappa shape index (κ2) is 8.63. The zero-order valence-electron chi connectivity index (χ0n) is 13.3. The minimum atomic E-state index is -0.580. The van der Waals surface area contributed by atoms with Crippen LogP contribution in [0.3, 0.4) is 0 Å². The van der Waals surface area contributed by atoms with Crippen molar-refractivity contribution in [1.29, 1.82) is 0 Å². The van der Waals surface area contributed by atoms with Crippen LogP contribution in [0.5, 0.6) is 5.75 Å². The van der Waals surface area contributed by atoms with Gasteiger partial charge >= 0.3 is 5.97 Å².